The fraction of sp³-hybridized carbons (Fsp3) is 0.278. The van der Waals surface area contributed by atoms with E-state index in [0.29, 0.717) is 36.3 Å². The van der Waals surface area contributed by atoms with Crippen LogP contribution in [0.25, 0.3) is 11.4 Å². The molecule has 0 radical (unpaired) electrons. The molecule has 0 bridgehead atoms. The molecule has 3 heterocycles. The largest absolute Gasteiger partial charge is 0.416 e. The van der Waals surface area contributed by atoms with E-state index in [1.807, 2.05) is 0 Å². The molecule has 0 saturated carbocycles. The van der Waals surface area contributed by atoms with Gasteiger partial charge in [-0.2, -0.15) is 13.2 Å². The van der Waals surface area contributed by atoms with E-state index in [0.717, 1.165) is 24.4 Å². The third kappa shape index (κ3) is 3.63. The van der Waals surface area contributed by atoms with Crippen LogP contribution in [0.4, 0.5) is 13.2 Å². The zero-order valence-corrected chi connectivity index (χ0v) is 14.2. The first kappa shape index (κ1) is 17.5. The van der Waals surface area contributed by atoms with E-state index in [2.05, 4.69) is 24.8 Å². The van der Waals surface area contributed by atoms with Crippen LogP contribution in [0.15, 0.2) is 41.6 Å². The van der Waals surface area contributed by atoms with Crippen molar-refractivity contribution in [1.29, 1.82) is 0 Å². The average Bonchev–Trinajstić information content (AvgIpc) is 3.14. The summed E-state index contributed by atoms with van der Waals surface area (Å²) in [6, 6.07) is 4.61. The minimum atomic E-state index is -4.40. The minimum Gasteiger partial charge on any atom is -0.347 e. The fourth-order valence-electron chi connectivity index (χ4n) is 3.18. The van der Waals surface area contributed by atoms with Gasteiger partial charge in [0.1, 0.15) is 5.82 Å². The Morgan fingerprint density at radius 2 is 1.96 bits per heavy atom. The van der Waals surface area contributed by atoms with Crippen LogP contribution in [0.3, 0.4) is 0 Å². The van der Waals surface area contributed by atoms with Crippen LogP contribution in [0, 0.1) is 0 Å². The molecule has 140 valence electrons. The predicted octanol–water partition coefficient (Wildman–Crippen LogP) is 2.74. The maximum atomic E-state index is 12.7. The molecule has 0 atom stereocenters. The number of nitrogens with zero attached hydrogens (tertiary/aromatic N) is 3. The molecule has 3 aromatic rings. The molecule has 4 rings (SSSR count). The Hall–Kier alpha value is -2.94. The summed E-state index contributed by atoms with van der Waals surface area (Å²) in [6.45, 7) is 1.85. The van der Waals surface area contributed by atoms with Gasteiger partial charge in [-0.1, -0.05) is 12.1 Å². The quantitative estimate of drug-likeness (QED) is 0.738. The number of benzene rings is 1. The number of rotatable bonds is 3. The third-order valence-corrected chi connectivity index (χ3v) is 4.58. The van der Waals surface area contributed by atoms with E-state index in [9.17, 15) is 18.0 Å². The number of aromatic nitrogens is 4. The van der Waals surface area contributed by atoms with E-state index in [1.165, 1.54) is 12.1 Å². The van der Waals surface area contributed by atoms with Gasteiger partial charge in [0, 0.05) is 43.5 Å². The fourth-order valence-corrected chi connectivity index (χ4v) is 3.18. The van der Waals surface area contributed by atoms with Gasteiger partial charge in [0.25, 0.3) is 5.56 Å². The summed E-state index contributed by atoms with van der Waals surface area (Å²) >= 11 is 0. The number of H-pyrrole nitrogens is 2. The first-order valence-corrected chi connectivity index (χ1v) is 8.39. The second-order valence-electron chi connectivity index (χ2n) is 6.45. The Labute approximate surface area is 152 Å². The van der Waals surface area contributed by atoms with Crippen molar-refractivity contribution in [3.8, 4) is 11.4 Å². The molecule has 0 saturated heterocycles. The molecule has 0 spiro atoms. The topological polar surface area (TPSA) is 77.7 Å². The van der Waals surface area contributed by atoms with E-state index in [4.69, 9.17) is 0 Å². The van der Waals surface area contributed by atoms with Crippen LogP contribution in [0.5, 0.6) is 0 Å². The number of nitrogens with one attached hydrogen (secondary N) is 2. The minimum absolute atomic E-state index is 0.260. The summed E-state index contributed by atoms with van der Waals surface area (Å²) in [5.41, 5.74) is 1.70. The van der Waals surface area contributed by atoms with Crippen LogP contribution in [-0.4, -0.2) is 31.4 Å². The number of alkyl halides is 3. The average molecular weight is 375 g/mol. The van der Waals surface area contributed by atoms with E-state index >= 15 is 0 Å². The molecular weight excluding hydrogens is 359 g/mol. The zero-order valence-electron chi connectivity index (χ0n) is 14.2. The van der Waals surface area contributed by atoms with Crippen molar-refractivity contribution in [2.24, 2.45) is 0 Å². The summed E-state index contributed by atoms with van der Waals surface area (Å²) in [5.74, 6) is 0.287. The summed E-state index contributed by atoms with van der Waals surface area (Å²) < 4.78 is 38.1. The van der Waals surface area contributed by atoms with Crippen molar-refractivity contribution in [3.63, 3.8) is 0 Å². The highest BCUT2D eigenvalue weighted by molar-refractivity contribution is 5.56. The predicted molar refractivity (Wildman–Crippen MR) is 91.7 cm³/mol. The summed E-state index contributed by atoms with van der Waals surface area (Å²) in [6.07, 6.45) is -0.446. The second kappa shape index (κ2) is 6.66. The van der Waals surface area contributed by atoms with Gasteiger partial charge in [0.05, 0.1) is 23.1 Å². The highest BCUT2D eigenvalue weighted by Gasteiger charge is 2.30. The number of imidazole rings is 1. The van der Waals surface area contributed by atoms with Gasteiger partial charge in [0.15, 0.2) is 0 Å². The molecule has 6 nitrogen and oxygen atoms in total. The van der Waals surface area contributed by atoms with Gasteiger partial charge in [0.2, 0.25) is 0 Å². The van der Waals surface area contributed by atoms with Crippen molar-refractivity contribution in [3.05, 3.63) is 69.7 Å². The molecule has 9 heteroatoms. The number of aromatic amines is 2. The van der Waals surface area contributed by atoms with Gasteiger partial charge in [-0.15, -0.1) is 0 Å². The van der Waals surface area contributed by atoms with Crippen LogP contribution in [0.2, 0.25) is 0 Å². The molecule has 1 aromatic carbocycles. The normalized spacial score (nSPS) is 14.9. The van der Waals surface area contributed by atoms with Crippen molar-refractivity contribution >= 4 is 0 Å². The molecule has 0 unspecified atom stereocenters. The van der Waals surface area contributed by atoms with Crippen LogP contribution >= 0.6 is 0 Å². The number of fused-ring (bicyclic) bond motifs is 1. The number of halogens is 3. The monoisotopic (exact) mass is 375 g/mol. The molecule has 0 fully saturated rings. The molecular formula is C18H16F3N5O. The second-order valence-corrected chi connectivity index (χ2v) is 6.45. The lowest BCUT2D eigenvalue weighted by Gasteiger charge is -2.27. The molecule has 27 heavy (non-hydrogen) atoms. The van der Waals surface area contributed by atoms with Crippen molar-refractivity contribution < 1.29 is 13.2 Å². The molecule has 0 amide bonds. The summed E-state index contributed by atoms with van der Waals surface area (Å²) in [5, 5.41) is 0. The lowest BCUT2D eigenvalue weighted by atomic mass is 10.1. The first-order valence-electron chi connectivity index (χ1n) is 8.39. The van der Waals surface area contributed by atoms with Gasteiger partial charge in [-0.25, -0.2) is 9.97 Å². The number of hydrogen-bond donors (Lipinski definition) is 2. The van der Waals surface area contributed by atoms with Crippen LogP contribution in [-0.2, 0) is 25.7 Å². The highest BCUT2D eigenvalue weighted by atomic mass is 19.4. The Balaban J connectivity index is 1.58. The Morgan fingerprint density at radius 1 is 1.19 bits per heavy atom. The maximum absolute atomic E-state index is 12.7. The van der Waals surface area contributed by atoms with E-state index in [-0.39, 0.29) is 11.4 Å². The van der Waals surface area contributed by atoms with E-state index in [1.54, 1.807) is 12.5 Å². The highest BCUT2D eigenvalue weighted by Crippen LogP contribution is 2.30. The number of hydrogen-bond acceptors (Lipinski definition) is 4. The lowest BCUT2D eigenvalue weighted by Crippen LogP contribution is -2.35. The Morgan fingerprint density at radius 3 is 2.63 bits per heavy atom. The van der Waals surface area contributed by atoms with Crippen LogP contribution in [0.1, 0.15) is 22.5 Å². The van der Waals surface area contributed by atoms with Gasteiger partial charge >= 0.3 is 6.18 Å². The first-order chi connectivity index (χ1) is 12.9. The van der Waals surface area contributed by atoms with Crippen molar-refractivity contribution in [2.45, 2.75) is 25.7 Å². The maximum Gasteiger partial charge on any atom is 0.416 e. The molecule has 1 aliphatic rings. The Bertz CT molecular complexity index is 993. The summed E-state index contributed by atoms with van der Waals surface area (Å²) in [4.78, 5) is 28.8. The molecule has 0 aliphatic carbocycles. The van der Waals surface area contributed by atoms with Gasteiger partial charge in [-0.05, 0) is 12.1 Å². The standard InChI is InChI=1S/C18H16F3N5O/c19-18(20,21)12-3-1-11(2-4-12)16-24-15-5-6-26(8-13-7-22-10-23-13)9-14(15)17(27)25-16/h1-4,7,10H,5-6,8-9H2,(H,22,23)(H,24,25,27). The molecule has 1 aliphatic heterocycles. The van der Waals surface area contributed by atoms with E-state index < -0.39 is 11.7 Å². The van der Waals surface area contributed by atoms with Crippen molar-refractivity contribution in [2.75, 3.05) is 6.54 Å². The molecule has 2 aromatic heterocycles. The zero-order chi connectivity index (χ0) is 19.0. The van der Waals surface area contributed by atoms with Crippen molar-refractivity contribution in [1.82, 2.24) is 24.8 Å². The summed E-state index contributed by atoms with van der Waals surface area (Å²) in [7, 11) is 0. The van der Waals surface area contributed by atoms with Crippen LogP contribution < -0.4 is 5.56 Å². The lowest BCUT2D eigenvalue weighted by molar-refractivity contribution is -0.137. The van der Waals surface area contributed by atoms with Gasteiger partial charge in [-0.3, -0.25) is 9.69 Å². The SMILES string of the molecule is O=c1[nH]c(-c2ccc(C(F)(F)F)cc2)nc2c1CN(Cc1cnc[nH]1)CC2. The Kier molecular flexibility index (Phi) is 4.31. The third-order valence-electron chi connectivity index (χ3n) is 4.58. The smallest absolute Gasteiger partial charge is 0.347 e. The van der Waals surface area contributed by atoms with Gasteiger partial charge < -0.3 is 9.97 Å². The molecule has 2 N–H and O–H groups in total.